The number of esters is 1. The van der Waals surface area contributed by atoms with Crippen LogP contribution in [0, 0.1) is 24.4 Å². The topological polar surface area (TPSA) is 96.8 Å². The van der Waals surface area contributed by atoms with E-state index in [1.807, 2.05) is 0 Å². The second-order valence-electron chi connectivity index (χ2n) is 7.29. The number of aryl methyl sites for hydroxylation is 1. The molecule has 0 aliphatic rings. The lowest BCUT2D eigenvalue weighted by Crippen LogP contribution is -2.25. The lowest BCUT2D eigenvalue weighted by molar-refractivity contribution is 0.0505. The highest BCUT2D eigenvalue weighted by molar-refractivity contribution is 5.85. The molecule has 0 radical (unpaired) electrons. The van der Waals surface area contributed by atoms with E-state index in [1.165, 1.54) is 22.9 Å². The average molecular weight is 472 g/mol. The summed E-state index contributed by atoms with van der Waals surface area (Å²) in [5, 5.41) is 8.03. The van der Waals surface area contributed by atoms with Gasteiger partial charge in [0, 0.05) is 17.2 Å². The molecule has 12 heteroatoms. The quantitative estimate of drug-likeness (QED) is 0.384. The minimum absolute atomic E-state index is 0.0573. The SMILES string of the molecule is CCOC(=O)c1nc(C)nn1Cc1ccc(-n2ncn(Cc3c(F)cccc3F)c2=O)cc1F. The summed E-state index contributed by atoms with van der Waals surface area (Å²) in [5.74, 6) is -2.67. The van der Waals surface area contributed by atoms with Gasteiger partial charge in [-0.05, 0) is 32.0 Å². The summed E-state index contributed by atoms with van der Waals surface area (Å²) < 4.78 is 50.8. The maximum atomic E-state index is 14.9. The third-order valence-electron chi connectivity index (χ3n) is 4.96. The Morgan fingerprint density at radius 2 is 1.79 bits per heavy atom. The van der Waals surface area contributed by atoms with Crippen molar-refractivity contribution < 1.29 is 22.7 Å². The van der Waals surface area contributed by atoms with Crippen LogP contribution in [0.3, 0.4) is 0 Å². The van der Waals surface area contributed by atoms with Crippen LogP contribution in [0.1, 0.15) is 34.5 Å². The number of carbonyl (C=O) groups is 1. The Labute approximate surface area is 191 Å². The van der Waals surface area contributed by atoms with Crippen molar-refractivity contribution >= 4 is 5.97 Å². The first-order valence-electron chi connectivity index (χ1n) is 10.2. The molecule has 0 atom stereocenters. The monoisotopic (exact) mass is 472 g/mol. The van der Waals surface area contributed by atoms with Gasteiger partial charge in [-0.2, -0.15) is 14.9 Å². The maximum absolute atomic E-state index is 14.9. The molecule has 0 amide bonds. The summed E-state index contributed by atoms with van der Waals surface area (Å²) in [6, 6.07) is 7.36. The number of rotatable bonds is 7. The molecule has 0 bridgehead atoms. The van der Waals surface area contributed by atoms with Gasteiger partial charge in [0.2, 0.25) is 5.82 Å². The number of hydrogen-bond acceptors (Lipinski definition) is 6. The Balaban J connectivity index is 1.59. The second kappa shape index (κ2) is 9.33. The standard InChI is InChI=1S/C22H19F3N6O3/c1-3-34-21(32)20-27-13(2)28-30(20)10-14-7-8-15(9-19(14)25)31-22(33)29(12-26-31)11-16-17(23)5-4-6-18(16)24/h4-9,12H,3,10-11H2,1-2H3. The highest BCUT2D eigenvalue weighted by Crippen LogP contribution is 2.16. The summed E-state index contributed by atoms with van der Waals surface area (Å²) in [6.45, 7) is 2.92. The van der Waals surface area contributed by atoms with E-state index in [0.29, 0.717) is 5.82 Å². The van der Waals surface area contributed by atoms with Crippen LogP contribution in [0.5, 0.6) is 0 Å². The first-order chi connectivity index (χ1) is 16.3. The van der Waals surface area contributed by atoms with Crippen molar-refractivity contribution in [2.45, 2.75) is 26.9 Å². The fourth-order valence-corrected chi connectivity index (χ4v) is 3.34. The van der Waals surface area contributed by atoms with E-state index in [9.17, 15) is 22.8 Å². The van der Waals surface area contributed by atoms with Crippen molar-refractivity contribution in [1.82, 2.24) is 29.1 Å². The molecule has 4 rings (SSSR count). The van der Waals surface area contributed by atoms with Crippen molar-refractivity contribution in [2.75, 3.05) is 6.61 Å². The first kappa shape index (κ1) is 23.0. The molecule has 0 unspecified atom stereocenters. The Hall–Kier alpha value is -4.22. The van der Waals surface area contributed by atoms with Crippen molar-refractivity contribution in [1.29, 1.82) is 0 Å². The predicted molar refractivity (Wildman–Crippen MR) is 113 cm³/mol. The Bertz CT molecular complexity index is 1410. The van der Waals surface area contributed by atoms with Gasteiger partial charge in [-0.25, -0.2) is 32.4 Å². The lowest BCUT2D eigenvalue weighted by Gasteiger charge is -2.08. The molecular formula is C22H19F3N6O3. The highest BCUT2D eigenvalue weighted by Gasteiger charge is 2.19. The van der Waals surface area contributed by atoms with Gasteiger partial charge >= 0.3 is 11.7 Å². The van der Waals surface area contributed by atoms with Gasteiger partial charge in [0.25, 0.3) is 0 Å². The molecule has 4 aromatic rings. The van der Waals surface area contributed by atoms with E-state index in [0.717, 1.165) is 33.8 Å². The molecule has 9 nitrogen and oxygen atoms in total. The van der Waals surface area contributed by atoms with Crippen LogP contribution in [0.2, 0.25) is 0 Å². The highest BCUT2D eigenvalue weighted by atomic mass is 19.1. The van der Waals surface area contributed by atoms with Crippen molar-refractivity contribution in [3.63, 3.8) is 0 Å². The van der Waals surface area contributed by atoms with Gasteiger partial charge in [-0.3, -0.25) is 4.57 Å². The molecule has 2 aromatic carbocycles. The molecule has 176 valence electrons. The smallest absolute Gasteiger partial charge is 0.376 e. The Morgan fingerprint density at radius 3 is 2.47 bits per heavy atom. The summed E-state index contributed by atoms with van der Waals surface area (Å²) in [6.07, 6.45) is 1.11. The van der Waals surface area contributed by atoms with E-state index in [-0.39, 0.29) is 42.3 Å². The second-order valence-corrected chi connectivity index (χ2v) is 7.29. The third-order valence-corrected chi connectivity index (χ3v) is 4.96. The molecule has 0 aliphatic heterocycles. The fraction of sp³-hybridized carbons (Fsp3) is 0.227. The maximum Gasteiger partial charge on any atom is 0.376 e. The van der Waals surface area contributed by atoms with Crippen molar-refractivity contribution in [3.05, 3.63) is 93.4 Å². The zero-order chi connectivity index (χ0) is 24.4. The van der Waals surface area contributed by atoms with Crippen LogP contribution in [0.15, 0.2) is 47.5 Å². The van der Waals surface area contributed by atoms with Crippen LogP contribution in [-0.4, -0.2) is 41.7 Å². The van der Waals surface area contributed by atoms with Crippen LogP contribution in [0.25, 0.3) is 5.69 Å². The molecule has 0 saturated carbocycles. The molecular weight excluding hydrogens is 453 g/mol. The van der Waals surface area contributed by atoms with Crippen LogP contribution < -0.4 is 5.69 Å². The molecule has 0 fully saturated rings. The van der Waals surface area contributed by atoms with Crippen molar-refractivity contribution in [3.8, 4) is 5.69 Å². The van der Waals surface area contributed by atoms with Crippen molar-refractivity contribution in [2.24, 2.45) is 0 Å². The average Bonchev–Trinajstić information content (AvgIpc) is 3.34. The van der Waals surface area contributed by atoms with Crippen LogP contribution >= 0.6 is 0 Å². The fourth-order valence-electron chi connectivity index (χ4n) is 3.34. The largest absolute Gasteiger partial charge is 0.460 e. The van der Waals surface area contributed by atoms with E-state index in [2.05, 4.69) is 15.2 Å². The van der Waals surface area contributed by atoms with E-state index in [1.54, 1.807) is 13.8 Å². The zero-order valence-electron chi connectivity index (χ0n) is 18.2. The van der Waals surface area contributed by atoms with Gasteiger partial charge in [-0.15, -0.1) is 0 Å². The first-order valence-corrected chi connectivity index (χ1v) is 10.2. The van der Waals surface area contributed by atoms with Gasteiger partial charge in [0.05, 0.1) is 25.4 Å². The minimum Gasteiger partial charge on any atom is -0.460 e. The summed E-state index contributed by atoms with van der Waals surface area (Å²) in [7, 11) is 0. The lowest BCUT2D eigenvalue weighted by atomic mass is 10.2. The van der Waals surface area contributed by atoms with Gasteiger partial charge in [0.1, 0.15) is 29.6 Å². The molecule has 34 heavy (non-hydrogen) atoms. The van der Waals surface area contributed by atoms with Gasteiger partial charge < -0.3 is 4.74 Å². The molecule has 0 saturated heterocycles. The molecule has 0 spiro atoms. The number of benzene rings is 2. The number of carbonyl (C=O) groups excluding carboxylic acids is 1. The number of hydrogen-bond donors (Lipinski definition) is 0. The number of halogens is 3. The van der Waals surface area contributed by atoms with E-state index >= 15 is 0 Å². The summed E-state index contributed by atoms with van der Waals surface area (Å²) in [4.78, 5) is 28.8. The Kier molecular flexibility index (Phi) is 6.30. The third kappa shape index (κ3) is 4.47. The molecule has 0 N–H and O–H groups in total. The zero-order valence-corrected chi connectivity index (χ0v) is 18.2. The van der Waals surface area contributed by atoms with Gasteiger partial charge in [-0.1, -0.05) is 12.1 Å². The number of ether oxygens (including phenoxy) is 1. The molecule has 0 aliphatic carbocycles. The summed E-state index contributed by atoms with van der Waals surface area (Å²) in [5.41, 5.74) is -0.697. The Morgan fingerprint density at radius 1 is 1.06 bits per heavy atom. The minimum atomic E-state index is -0.791. The number of nitrogens with zero attached hydrogens (tertiary/aromatic N) is 6. The summed E-state index contributed by atoms with van der Waals surface area (Å²) >= 11 is 0. The number of aromatic nitrogens is 6. The normalized spacial score (nSPS) is 11.1. The predicted octanol–water partition coefficient (Wildman–Crippen LogP) is 2.62. The molecule has 2 aromatic heterocycles. The van der Waals surface area contributed by atoms with E-state index in [4.69, 9.17) is 4.74 Å². The molecule has 2 heterocycles. The van der Waals surface area contributed by atoms with E-state index < -0.39 is 29.1 Å². The van der Waals surface area contributed by atoms with Crippen LogP contribution in [0.4, 0.5) is 13.2 Å². The van der Waals surface area contributed by atoms with Gasteiger partial charge in [0.15, 0.2) is 0 Å². The van der Waals surface area contributed by atoms with Crippen LogP contribution in [-0.2, 0) is 17.8 Å².